The summed E-state index contributed by atoms with van der Waals surface area (Å²) < 4.78 is 14.4. The van der Waals surface area contributed by atoms with Crippen LogP contribution in [0.1, 0.15) is 68.8 Å². The van der Waals surface area contributed by atoms with Crippen LogP contribution in [-0.2, 0) is 20.5 Å². The Morgan fingerprint density at radius 3 is 2.14 bits per heavy atom. The molecule has 4 heterocycles. The Kier molecular flexibility index (Phi) is 5.90. The number of aromatic nitrogens is 2. The molecule has 0 amide bonds. The van der Waals surface area contributed by atoms with Gasteiger partial charge in [0.15, 0.2) is 0 Å². The lowest BCUT2D eigenvalue weighted by Crippen LogP contribution is -2.71. The molecule has 2 aliphatic heterocycles. The number of nitrogens with zero attached hydrogens (tertiary/aromatic N) is 3. The van der Waals surface area contributed by atoms with Gasteiger partial charge in [-0.2, -0.15) is 0 Å². The standard InChI is InChI=1S/C36H39BN3O3/c1-24(2)33-36(25-13-7-5-8-14-25,26-15-9-6-10-16-26)43-37(41)40(33)22-20-35(42-37)31-23-28(34(31,3)4)27-18-19-30(39-32(27)35)29-17-11-12-21-38-29/h5-19,21,24,28,31,33,41H,20,22-23H2,1-4H3/q-1/t28-,31-,33-,35+,37?/m1/s1. The maximum Gasteiger partial charge on any atom is 0.463 e. The lowest BCUT2D eigenvalue weighted by Gasteiger charge is -2.69. The number of pyridine rings is 2. The second-order valence-corrected chi connectivity index (χ2v) is 13.9. The molecule has 0 radical (unpaired) electrons. The van der Waals surface area contributed by atoms with Crippen LogP contribution in [0.5, 0.6) is 0 Å². The zero-order valence-corrected chi connectivity index (χ0v) is 25.4. The molecule has 5 atom stereocenters. The SMILES string of the molecule is CC(C)[C@H]1N2CC[C@@]3(O[B-]2(O)OC1(c1ccccc1)c1ccccc1)c1nc(-c2ccccn2)ccc1[C@H]1C[C@@H]3C1(C)C. The van der Waals surface area contributed by atoms with Crippen LogP contribution in [0.3, 0.4) is 0 Å². The van der Waals surface area contributed by atoms with Crippen LogP contribution in [0.4, 0.5) is 0 Å². The minimum Gasteiger partial charge on any atom is -0.545 e. The monoisotopic (exact) mass is 572 g/mol. The van der Waals surface area contributed by atoms with E-state index in [9.17, 15) is 5.02 Å². The highest BCUT2D eigenvalue weighted by atomic mass is 16.7. The molecule has 3 fully saturated rings. The van der Waals surface area contributed by atoms with Gasteiger partial charge in [-0.1, -0.05) is 100 Å². The molecule has 220 valence electrons. The smallest absolute Gasteiger partial charge is 0.463 e. The lowest BCUT2D eigenvalue weighted by molar-refractivity contribution is -0.191. The van der Waals surface area contributed by atoms with Crippen molar-refractivity contribution < 1.29 is 14.3 Å². The van der Waals surface area contributed by atoms with Crippen molar-refractivity contribution in [2.45, 2.75) is 63.7 Å². The van der Waals surface area contributed by atoms with Crippen LogP contribution >= 0.6 is 0 Å². The van der Waals surface area contributed by atoms with Crippen molar-refractivity contribution >= 4 is 6.89 Å². The van der Waals surface area contributed by atoms with Gasteiger partial charge in [0, 0.05) is 12.2 Å². The summed E-state index contributed by atoms with van der Waals surface area (Å²) in [5.41, 5.74) is 4.23. The first-order valence-corrected chi connectivity index (χ1v) is 15.8. The zero-order chi connectivity index (χ0) is 29.6. The molecule has 6 nitrogen and oxygen atoms in total. The van der Waals surface area contributed by atoms with E-state index in [0.29, 0.717) is 12.5 Å². The summed E-state index contributed by atoms with van der Waals surface area (Å²) in [6.07, 6.45) is 3.56. The summed E-state index contributed by atoms with van der Waals surface area (Å²) in [6.45, 7) is 6.93. The highest BCUT2D eigenvalue weighted by molar-refractivity contribution is 6.57. The lowest BCUT2D eigenvalue weighted by atomic mass is 9.42. The average Bonchev–Trinajstić information content (AvgIpc) is 3.31. The van der Waals surface area contributed by atoms with E-state index >= 15 is 0 Å². The molecule has 4 aromatic rings. The second kappa shape index (κ2) is 9.32. The highest BCUT2D eigenvalue weighted by Crippen LogP contribution is 2.71. The number of benzene rings is 2. The van der Waals surface area contributed by atoms with Gasteiger partial charge >= 0.3 is 6.89 Å². The molecule has 7 heteroatoms. The van der Waals surface area contributed by atoms with Gasteiger partial charge in [0.2, 0.25) is 0 Å². The van der Waals surface area contributed by atoms with Crippen molar-refractivity contribution in [3.63, 3.8) is 0 Å². The molecule has 1 spiro atoms. The molecule has 2 bridgehead atoms. The third kappa shape index (κ3) is 3.63. The molecule has 2 aromatic carbocycles. The van der Waals surface area contributed by atoms with Crippen molar-refractivity contribution in [3.8, 4) is 11.4 Å². The summed E-state index contributed by atoms with van der Waals surface area (Å²) in [6, 6.07) is 30.8. The summed E-state index contributed by atoms with van der Waals surface area (Å²) in [5.74, 6) is 0.792. The largest absolute Gasteiger partial charge is 0.545 e. The first-order chi connectivity index (χ1) is 20.7. The van der Waals surface area contributed by atoms with E-state index in [-0.39, 0.29) is 23.3 Å². The topological polar surface area (TPSA) is 67.7 Å². The van der Waals surface area contributed by atoms with Crippen LogP contribution < -0.4 is 0 Å². The molecule has 5 aliphatic rings. The van der Waals surface area contributed by atoms with E-state index in [4.69, 9.17) is 14.3 Å². The average molecular weight is 573 g/mol. The van der Waals surface area contributed by atoms with Gasteiger partial charge in [0.05, 0.1) is 28.3 Å². The van der Waals surface area contributed by atoms with E-state index in [1.165, 1.54) is 5.56 Å². The van der Waals surface area contributed by atoms with Crippen LogP contribution in [0.15, 0.2) is 97.2 Å². The Hall–Kier alpha value is -3.36. The fourth-order valence-corrected chi connectivity index (χ4v) is 9.29. The van der Waals surface area contributed by atoms with E-state index in [1.54, 1.807) is 6.20 Å². The fourth-order valence-electron chi connectivity index (χ4n) is 9.29. The van der Waals surface area contributed by atoms with Crippen molar-refractivity contribution in [2.24, 2.45) is 17.3 Å². The molecule has 9 rings (SSSR count). The van der Waals surface area contributed by atoms with E-state index < -0.39 is 18.1 Å². The van der Waals surface area contributed by atoms with Gasteiger partial charge in [-0.25, -0.2) is 4.98 Å². The first-order valence-electron chi connectivity index (χ1n) is 15.8. The Balaban J connectivity index is 1.30. The Morgan fingerprint density at radius 1 is 0.860 bits per heavy atom. The van der Waals surface area contributed by atoms with Crippen LogP contribution in [0, 0.1) is 17.3 Å². The number of fused-ring (bicyclic) bond motifs is 1. The van der Waals surface area contributed by atoms with Crippen LogP contribution in [-0.4, -0.2) is 39.3 Å². The van der Waals surface area contributed by atoms with Crippen LogP contribution in [0.2, 0.25) is 0 Å². The molecule has 1 unspecified atom stereocenters. The third-order valence-electron chi connectivity index (χ3n) is 11.1. The zero-order valence-electron chi connectivity index (χ0n) is 25.4. The number of hydrogen-bond donors (Lipinski definition) is 1. The molecule has 43 heavy (non-hydrogen) atoms. The fraction of sp³-hybridized carbons (Fsp3) is 0.389. The Morgan fingerprint density at radius 2 is 1.53 bits per heavy atom. The minimum atomic E-state index is -2.85. The van der Waals surface area contributed by atoms with Gasteiger partial charge in [0.1, 0.15) is 0 Å². The molecule has 2 aromatic heterocycles. The van der Waals surface area contributed by atoms with Gasteiger partial charge in [0.25, 0.3) is 0 Å². The third-order valence-corrected chi connectivity index (χ3v) is 11.1. The first kappa shape index (κ1) is 27.2. The molecule has 1 N–H and O–H groups in total. The van der Waals surface area contributed by atoms with Gasteiger partial charge in [-0.15, -0.1) is 0 Å². The van der Waals surface area contributed by atoms with E-state index in [1.807, 2.05) is 30.3 Å². The molecule has 3 aliphatic carbocycles. The quantitative estimate of drug-likeness (QED) is 0.277. The van der Waals surface area contributed by atoms with Crippen molar-refractivity contribution in [1.29, 1.82) is 0 Å². The number of hydrogen-bond acceptors (Lipinski definition) is 6. The van der Waals surface area contributed by atoms with Crippen molar-refractivity contribution in [2.75, 3.05) is 6.54 Å². The highest BCUT2D eigenvalue weighted by Gasteiger charge is 2.70. The summed E-state index contributed by atoms with van der Waals surface area (Å²) in [7, 11) is 0. The molecular weight excluding hydrogens is 533 g/mol. The van der Waals surface area contributed by atoms with Gasteiger partial charge < -0.3 is 19.1 Å². The number of rotatable bonds is 4. The second-order valence-electron chi connectivity index (χ2n) is 13.9. The maximum absolute atomic E-state index is 12.8. The van der Waals surface area contributed by atoms with Crippen molar-refractivity contribution in [1.82, 2.24) is 14.8 Å². The predicted molar refractivity (Wildman–Crippen MR) is 168 cm³/mol. The van der Waals surface area contributed by atoms with Gasteiger partial charge in [-0.3, -0.25) is 4.98 Å². The van der Waals surface area contributed by atoms with Crippen molar-refractivity contribution in [3.05, 3.63) is 120 Å². The van der Waals surface area contributed by atoms with Gasteiger partial charge in [-0.05, 0) is 77.4 Å². The summed E-state index contributed by atoms with van der Waals surface area (Å²) in [4.78, 5) is 12.0. The molecular formula is C36H39BN3O3-. The summed E-state index contributed by atoms with van der Waals surface area (Å²) >= 11 is 0. The summed E-state index contributed by atoms with van der Waals surface area (Å²) in [5, 5.41) is 12.8. The Labute approximate surface area is 254 Å². The Bertz CT molecular complexity index is 1630. The molecule has 2 saturated heterocycles. The van der Waals surface area contributed by atoms with E-state index in [0.717, 1.165) is 41.1 Å². The predicted octanol–water partition coefficient (Wildman–Crippen LogP) is 6.63. The minimum absolute atomic E-state index is 0.0157. The van der Waals surface area contributed by atoms with E-state index in [2.05, 4.69) is 98.2 Å². The van der Waals surface area contributed by atoms with Crippen LogP contribution in [0.25, 0.3) is 11.4 Å². The normalized spacial score (nSPS) is 31.8. The maximum atomic E-state index is 12.8. The molecule has 1 saturated carbocycles.